The molecule has 1 atom stereocenters. The molecule has 0 radical (unpaired) electrons. The number of carbonyl (C=O) groups excluding carboxylic acids is 1. The van der Waals surface area contributed by atoms with E-state index in [9.17, 15) is 4.79 Å². The number of hydrogen-bond donors (Lipinski definition) is 1. The molecule has 0 aromatic carbocycles. The number of carbonyl (C=O) groups is 1. The van der Waals surface area contributed by atoms with Crippen molar-refractivity contribution >= 4 is 11.7 Å². The zero-order valence-electron chi connectivity index (χ0n) is 13.8. The van der Waals surface area contributed by atoms with E-state index in [1.54, 1.807) is 6.20 Å². The van der Waals surface area contributed by atoms with Gasteiger partial charge in [-0.3, -0.25) is 14.8 Å². The summed E-state index contributed by atoms with van der Waals surface area (Å²) in [6.45, 7) is 4.27. The lowest BCUT2D eigenvalue weighted by Crippen LogP contribution is -2.44. The minimum Gasteiger partial charge on any atom is -0.368 e. The standard InChI is InChI=1S/C18H27N3O2/c1-14-6-5-7-15(12-14)21(17-10-11-19-20-17)18(22)13-23-16-8-3-2-4-9-16/h10-11,15-16H,1-9,12-13H2,(H,19,20). The molecule has 1 heterocycles. The number of amides is 1. The Morgan fingerprint density at radius 1 is 1.30 bits per heavy atom. The van der Waals surface area contributed by atoms with Crippen LogP contribution in [-0.4, -0.2) is 34.9 Å². The largest absolute Gasteiger partial charge is 0.368 e. The number of H-pyrrole nitrogens is 1. The van der Waals surface area contributed by atoms with Gasteiger partial charge in [0, 0.05) is 12.1 Å². The number of nitrogens with zero attached hydrogens (tertiary/aromatic N) is 2. The van der Waals surface area contributed by atoms with Gasteiger partial charge in [0.15, 0.2) is 0 Å². The predicted octanol–water partition coefficient (Wildman–Crippen LogP) is 3.59. The maximum atomic E-state index is 12.8. The van der Waals surface area contributed by atoms with E-state index in [-0.39, 0.29) is 24.7 Å². The van der Waals surface area contributed by atoms with Crippen molar-refractivity contribution in [2.24, 2.45) is 0 Å². The second-order valence-corrected chi connectivity index (χ2v) is 6.78. The molecule has 0 aliphatic heterocycles. The summed E-state index contributed by atoms with van der Waals surface area (Å²) in [6.07, 6.45) is 11.9. The van der Waals surface area contributed by atoms with Crippen LogP contribution in [0, 0.1) is 0 Å². The van der Waals surface area contributed by atoms with Gasteiger partial charge < -0.3 is 4.74 Å². The zero-order valence-corrected chi connectivity index (χ0v) is 13.8. The summed E-state index contributed by atoms with van der Waals surface area (Å²) in [4.78, 5) is 14.7. The van der Waals surface area contributed by atoms with Crippen molar-refractivity contribution in [3.05, 3.63) is 24.4 Å². The maximum absolute atomic E-state index is 12.8. The van der Waals surface area contributed by atoms with Crippen LogP contribution in [0.15, 0.2) is 24.4 Å². The van der Waals surface area contributed by atoms with E-state index in [0.717, 1.165) is 44.3 Å². The molecule has 3 rings (SSSR count). The summed E-state index contributed by atoms with van der Waals surface area (Å²) in [5.74, 6) is 0.793. The molecule has 1 aromatic rings. The second-order valence-electron chi connectivity index (χ2n) is 6.78. The van der Waals surface area contributed by atoms with Crippen molar-refractivity contribution in [1.82, 2.24) is 10.2 Å². The molecule has 0 bridgehead atoms. The molecule has 2 aliphatic rings. The van der Waals surface area contributed by atoms with E-state index < -0.39 is 0 Å². The van der Waals surface area contributed by atoms with Crippen LogP contribution in [0.25, 0.3) is 0 Å². The Morgan fingerprint density at radius 3 is 2.83 bits per heavy atom. The summed E-state index contributed by atoms with van der Waals surface area (Å²) in [7, 11) is 0. The van der Waals surface area contributed by atoms with Gasteiger partial charge in [0.2, 0.25) is 0 Å². The lowest BCUT2D eigenvalue weighted by atomic mass is 9.90. The Bertz CT molecular complexity index is 520. The molecule has 23 heavy (non-hydrogen) atoms. The summed E-state index contributed by atoms with van der Waals surface area (Å²) < 4.78 is 5.89. The van der Waals surface area contributed by atoms with E-state index >= 15 is 0 Å². The molecule has 1 unspecified atom stereocenters. The van der Waals surface area contributed by atoms with Gasteiger partial charge in [0.1, 0.15) is 12.4 Å². The average Bonchev–Trinajstić information content (AvgIpc) is 3.08. The molecular weight excluding hydrogens is 290 g/mol. The maximum Gasteiger partial charge on any atom is 0.254 e. The minimum atomic E-state index is 0.0273. The third kappa shape index (κ3) is 4.22. The highest BCUT2D eigenvalue weighted by atomic mass is 16.5. The third-order valence-electron chi connectivity index (χ3n) is 4.97. The van der Waals surface area contributed by atoms with Crippen LogP contribution in [0.3, 0.4) is 0 Å². The van der Waals surface area contributed by atoms with Gasteiger partial charge in [-0.15, -0.1) is 0 Å². The topological polar surface area (TPSA) is 58.2 Å². The lowest BCUT2D eigenvalue weighted by Gasteiger charge is -2.34. The van der Waals surface area contributed by atoms with Gasteiger partial charge >= 0.3 is 0 Å². The highest BCUT2D eigenvalue weighted by Gasteiger charge is 2.29. The Balaban J connectivity index is 1.64. The number of hydrogen-bond acceptors (Lipinski definition) is 3. The van der Waals surface area contributed by atoms with Gasteiger partial charge in [-0.1, -0.05) is 31.4 Å². The molecular formula is C18H27N3O2. The van der Waals surface area contributed by atoms with Gasteiger partial charge in [-0.05, 0) is 38.5 Å². The van der Waals surface area contributed by atoms with Crippen molar-refractivity contribution in [2.45, 2.75) is 69.9 Å². The van der Waals surface area contributed by atoms with Crippen LogP contribution >= 0.6 is 0 Å². The predicted molar refractivity (Wildman–Crippen MR) is 90.3 cm³/mol. The van der Waals surface area contributed by atoms with E-state index in [1.807, 2.05) is 11.0 Å². The first-order valence-corrected chi connectivity index (χ1v) is 8.83. The fourth-order valence-corrected chi connectivity index (χ4v) is 3.75. The van der Waals surface area contributed by atoms with Crippen molar-refractivity contribution < 1.29 is 9.53 Å². The van der Waals surface area contributed by atoms with Crippen molar-refractivity contribution in [3.63, 3.8) is 0 Å². The van der Waals surface area contributed by atoms with Crippen molar-refractivity contribution in [1.29, 1.82) is 0 Å². The minimum absolute atomic E-state index is 0.0273. The molecule has 2 aliphatic carbocycles. The summed E-state index contributed by atoms with van der Waals surface area (Å²) in [6, 6.07) is 2.02. The molecule has 1 amide bonds. The van der Waals surface area contributed by atoms with Crippen LogP contribution in [0.4, 0.5) is 5.82 Å². The monoisotopic (exact) mass is 317 g/mol. The number of aromatic amines is 1. The van der Waals surface area contributed by atoms with Crippen molar-refractivity contribution in [3.8, 4) is 0 Å². The van der Waals surface area contributed by atoms with Gasteiger partial charge in [-0.2, -0.15) is 5.10 Å². The SMILES string of the molecule is C=C1CCCC(N(C(=O)COC2CCCCC2)c2ccn[nH]2)C1. The molecule has 5 heteroatoms. The molecule has 0 spiro atoms. The normalized spacial score (nSPS) is 23.0. The Kier molecular flexibility index (Phi) is 5.49. The molecule has 1 N–H and O–H groups in total. The summed E-state index contributed by atoms with van der Waals surface area (Å²) in [5, 5.41) is 6.95. The van der Waals surface area contributed by atoms with Crippen LogP contribution in [0.2, 0.25) is 0 Å². The van der Waals surface area contributed by atoms with Gasteiger partial charge in [0.05, 0.1) is 12.3 Å². The molecule has 2 fully saturated rings. The highest BCUT2D eigenvalue weighted by Crippen LogP contribution is 2.29. The fourth-order valence-electron chi connectivity index (χ4n) is 3.75. The Morgan fingerprint density at radius 2 is 2.13 bits per heavy atom. The second kappa shape index (κ2) is 7.77. The van der Waals surface area contributed by atoms with E-state index in [1.165, 1.54) is 24.8 Å². The summed E-state index contributed by atoms with van der Waals surface area (Å²) in [5.41, 5.74) is 1.23. The third-order valence-corrected chi connectivity index (χ3v) is 4.97. The molecule has 5 nitrogen and oxygen atoms in total. The van der Waals surface area contributed by atoms with Crippen LogP contribution in [0.1, 0.15) is 57.8 Å². The van der Waals surface area contributed by atoms with Crippen LogP contribution in [-0.2, 0) is 9.53 Å². The smallest absolute Gasteiger partial charge is 0.254 e. The number of ether oxygens (including phenoxy) is 1. The van der Waals surface area contributed by atoms with Crippen LogP contribution in [0.5, 0.6) is 0 Å². The number of rotatable bonds is 5. The Hall–Kier alpha value is -1.62. The molecule has 2 saturated carbocycles. The lowest BCUT2D eigenvalue weighted by molar-refractivity contribution is -0.126. The van der Waals surface area contributed by atoms with E-state index in [4.69, 9.17) is 4.74 Å². The fraction of sp³-hybridized carbons (Fsp3) is 0.667. The summed E-state index contributed by atoms with van der Waals surface area (Å²) >= 11 is 0. The molecule has 126 valence electrons. The molecule has 1 aromatic heterocycles. The Labute approximate surface area is 138 Å². The number of anilines is 1. The highest BCUT2D eigenvalue weighted by molar-refractivity contribution is 5.94. The first-order chi connectivity index (χ1) is 11.2. The van der Waals surface area contributed by atoms with Gasteiger partial charge in [-0.25, -0.2) is 0 Å². The zero-order chi connectivity index (χ0) is 16.1. The van der Waals surface area contributed by atoms with Gasteiger partial charge in [0.25, 0.3) is 5.91 Å². The molecule has 0 saturated heterocycles. The van der Waals surface area contributed by atoms with E-state index in [0.29, 0.717) is 0 Å². The van der Waals surface area contributed by atoms with Crippen LogP contribution < -0.4 is 4.90 Å². The average molecular weight is 317 g/mol. The quantitative estimate of drug-likeness (QED) is 0.844. The number of nitrogens with one attached hydrogen (secondary N) is 1. The first-order valence-electron chi connectivity index (χ1n) is 8.83. The van der Waals surface area contributed by atoms with E-state index in [2.05, 4.69) is 16.8 Å². The first kappa shape index (κ1) is 16.2. The number of aromatic nitrogens is 2. The van der Waals surface area contributed by atoms with Crippen molar-refractivity contribution in [2.75, 3.05) is 11.5 Å².